The van der Waals surface area contributed by atoms with E-state index in [1.54, 1.807) is 31.2 Å². The van der Waals surface area contributed by atoms with Crippen LogP contribution in [0.1, 0.15) is 17.3 Å². The number of hydrogen-bond donors (Lipinski definition) is 1. The van der Waals surface area contributed by atoms with Gasteiger partial charge in [0.25, 0.3) is 10.8 Å². The highest BCUT2D eigenvalue weighted by molar-refractivity contribution is 8.00. The zero-order valence-corrected chi connectivity index (χ0v) is 16.7. The van der Waals surface area contributed by atoms with Crippen LogP contribution in [0.25, 0.3) is 11.5 Å². The van der Waals surface area contributed by atoms with Gasteiger partial charge in [0, 0.05) is 24.7 Å². The van der Waals surface area contributed by atoms with Gasteiger partial charge >= 0.3 is 5.69 Å². The summed E-state index contributed by atoms with van der Waals surface area (Å²) in [6.45, 7) is 1.58. The summed E-state index contributed by atoms with van der Waals surface area (Å²) in [5.74, 6) is -0.473. The number of nitrogen functional groups attached to an aromatic ring is 1. The van der Waals surface area contributed by atoms with Gasteiger partial charge in [-0.3, -0.25) is 18.7 Å². The Morgan fingerprint density at radius 2 is 1.96 bits per heavy atom. The molecule has 1 aromatic carbocycles. The number of anilines is 1. The Balaban J connectivity index is 1.87. The topological polar surface area (TPSA) is 126 Å². The molecule has 3 rings (SSSR count). The number of hydrogen-bond acceptors (Lipinski definition) is 8. The Hall–Kier alpha value is -2.85. The quantitative estimate of drug-likeness (QED) is 0.487. The molecule has 0 saturated heterocycles. The van der Waals surface area contributed by atoms with Gasteiger partial charge in [0.2, 0.25) is 5.89 Å². The van der Waals surface area contributed by atoms with Crippen LogP contribution in [0.2, 0.25) is 5.02 Å². The number of halogens is 1. The van der Waals surface area contributed by atoms with Crippen LogP contribution in [-0.2, 0) is 14.1 Å². The summed E-state index contributed by atoms with van der Waals surface area (Å²) in [4.78, 5) is 37.0. The third-order valence-corrected chi connectivity index (χ3v) is 5.25. The lowest BCUT2D eigenvalue weighted by atomic mass is 10.1. The Labute approximate surface area is 168 Å². The molecule has 0 bridgehead atoms. The standard InChI is InChI=1S/C17H16ClN5O4S/c1-8(12(24)11-13(19)22(2)17(26)23(3)15(11)25)28-16-21-20-14(27-16)9-5-4-6-10(18)7-9/h4-8H,19H2,1-3H3. The highest BCUT2D eigenvalue weighted by Crippen LogP contribution is 2.28. The van der Waals surface area contributed by atoms with E-state index in [0.717, 1.165) is 20.9 Å². The Bertz CT molecular complexity index is 1180. The monoisotopic (exact) mass is 421 g/mol. The highest BCUT2D eigenvalue weighted by Gasteiger charge is 2.27. The van der Waals surface area contributed by atoms with Crippen LogP contribution in [-0.4, -0.2) is 30.4 Å². The number of benzene rings is 1. The fourth-order valence-electron chi connectivity index (χ4n) is 2.50. The second-order valence-electron chi connectivity index (χ2n) is 5.97. The lowest BCUT2D eigenvalue weighted by molar-refractivity contribution is 0.0991. The van der Waals surface area contributed by atoms with Crippen LogP contribution in [0.5, 0.6) is 0 Å². The molecule has 0 radical (unpaired) electrons. The van der Waals surface area contributed by atoms with Gasteiger partial charge in [-0.15, -0.1) is 10.2 Å². The van der Waals surface area contributed by atoms with Crippen LogP contribution in [0.15, 0.2) is 43.5 Å². The number of nitrogens with zero attached hydrogens (tertiary/aromatic N) is 4. The number of carbonyl (C=O) groups is 1. The number of carbonyl (C=O) groups excluding carboxylic acids is 1. The van der Waals surface area contributed by atoms with Crippen molar-refractivity contribution in [1.29, 1.82) is 0 Å². The number of rotatable bonds is 5. The molecule has 28 heavy (non-hydrogen) atoms. The number of thioether (sulfide) groups is 1. The molecule has 2 N–H and O–H groups in total. The maximum Gasteiger partial charge on any atom is 0.332 e. The molecule has 2 heterocycles. The molecule has 0 saturated carbocycles. The van der Waals surface area contributed by atoms with E-state index in [9.17, 15) is 14.4 Å². The van der Waals surface area contributed by atoms with Crippen LogP contribution < -0.4 is 17.0 Å². The van der Waals surface area contributed by atoms with Gasteiger partial charge in [0.1, 0.15) is 11.4 Å². The molecule has 0 amide bonds. The van der Waals surface area contributed by atoms with Crippen LogP contribution >= 0.6 is 23.4 Å². The van der Waals surface area contributed by atoms with E-state index in [2.05, 4.69) is 10.2 Å². The highest BCUT2D eigenvalue weighted by atomic mass is 35.5. The molecule has 9 nitrogen and oxygen atoms in total. The van der Waals surface area contributed by atoms with E-state index in [1.807, 2.05) is 0 Å². The van der Waals surface area contributed by atoms with Gasteiger partial charge in [-0.2, -0.15) is 0 Å². The first-order chi connectivity index (χ1) is 13.2. The lowest BCUT2D eigenvalue weighted by Gasteiger charge is -2.13. The lowest BCUT2D eigenvalue weighted by Crippen LogP contribution is -2.42. The molecule has 3 aromatic rings. The first-order valence-corrected chi connectivity index (χ1v) is 9.32. The summed E-state index contributed by atoms with van der Waals surface area (Å²) in [5.41, 5.74) is 4.87. The van der Waals surface area contributed by atoms with E-state index in [0.29, 0.717) is 10.6 Å². The largest absolute Gasteiger partial charge is 0.411 e. The van der Waals surface area contributed by atoms with Crippen LogP contribution in [0.3, 0.4) is 0 Å². The van der Waals surface area contributed by atoms with Crippen molar-refractivity contribution in [1.82, 2.24) is 19.3 Å². The fraction of sp³-hybridized carbons (Fsp3) is 0.235. The smallest absolute Gasteiger partial charge is 0.332 e. The first kappa shape index (κ1) is 19.9. The molecule has 1 unspecified atom stereocenters. The molecule has 0 fully saturated rings. The number of aromatic nitrogens is 4. The van der Waals surface area contributed by atoms with E-state index in [4.69, 9.17) is 21.8 Å². The number of ketones is 1. The molecular weight excluding hydrogens is 406 g/mol. The second-order valence-corrected chi connectivity index (χ2v) is 7.70. The molecule has 2 aromatic heterocycles. The maximum absolute atomic E-state index is 12.8. The summed E-state index contributed by atoms with van der Waals surface area (Å²) >= 11 is 6.94. The Morgan fingerprint density at radius 1 is 1.25 bits per heavy atom. The van der Waals surface area contributed by atoms with Crippen molar-refractivity contribution in [2.75, 3.05) is 5.73 Å². The third-order valence-electron chi connectivity index (χ3n) is 4.08. The molecule has 0 aliphatic carbocycles. The molecule has 1 atom stereocenters. The fourth-order valence-corrected chi connectivity index (χ4v) is 3.43. The predicted octanol–water partition coefficient (Wildman–Crippen LogP) is 1.73. The SMILES string of the molecule is CC(Sc1nnc(-c2cccc(Cl)c2)o1)C(=O)c1c(N)n(C)c(=O)n(C)c1=O. The van der Waals surface area contributed by atoms with Crippen molar-refractivity contribution >= 4 is 35.0 Å². The van der Waals surface area contributed by atoms with E-state index in [1.165, 1.54) is 14.1 Å². The van der Waals surface area contributed by atoms with E-state index in [-0.39, 0.29) is 22.5 Å². The minimum absolute atomic E-state index is 0.149. The summed E-state index contributed by atoms with van der Waals surface area (Å²) in [6, 6.07) is 6.90. The normalized spacial score (nSPS) is 12.1. The predicted molar refractivity (Wildman–Crippen MR) is 106 cm³/mol. The van der Waals surface area contributed by atoms with E-state index < -0.39 is 22.3 Å². The van der Waals surface area contributed by atoms with Crippen molar-refractivity contribution in [2.24, 2.45) is 14.1 Å². The van der Waals surface area contributed by atoms with Gasteiger partial charge in [0.05, 0.1) is 5.25 Å². The van der Waals surface area contributed by atoms with Gasteiger partial charge in [-0.05, 0) is 25.1 Å². The Morgan fingerprint density at radius 3 is 2.64 bits per heavy atom. The molecule has 0 aliphatic rings. The zero-order chi connectivity index (χ0) is 20.6. The van der Waals surface area contributed by atoms with E-state index >= 15 is 0 Å². The van der Waals surface area contributed by atoms with Gasteiger partial charge < -0.3 is 10.2 Å². The van der Waals surface area contributed by atoms with Gasteiger partial charge in [0.15, 0.2) is 5.78 Å². The second kappa shape index (κ2) is 7.64. The van der Waals surface area contributed by atoms with Crippen molar-refractivity contribution in [3.8, 4) is 11.5 Å². The maximum atomic E-state index is 12.8. The molecule has 11 heteroatoms. The molecule has 0 aliphatic heterocycles. The number of Topliss-reactive ketones (excluding diaryl/α,β-unsaturated/α-hetero) is 1. The van der Waals surface area contributed by atoms with Crippen molar-refractivity contribution in [2.45, 2.75) is 17.4 Å². The third kappa shape index (κ3) is 3.60. The van der Waals surface area contributed by atoms with Crippen LogP contribution in [0, 0.1) is 0 Å². The average Bonchev–Trinajstić information content (AvgIpc) is 3.13. The molecule has 0 spiro atoms. The number of nitrogens with two attached hydrogens (primary N) is 1. The van der Waals surface area contributed by atoms with Gasteiger partial charge in [-0.1, -0.05) is 29.4 Å². The zero-order valence-electron chi connectivity index (χ0n) is 15.2. The van der Waals surface area contributed by atoms with Crippen molar-refractivity contribution in [3.05, 3.63) is 55.7 Å². The van der Waals surface area contributed by atoms with Crippen molar-refractivity contribution in [3.63, 3.8) is 0 Å². The minimum Gasteiger partial charge on any atom is -0.411 e. The summed E-state index contributed by atoms with van der Waals surface area (Å²) < 4.78 is 7.46. The summed E-state index contributed by atoms with van der Waals surface area (Å²) in [7, 11) is 2.68. The van der Waals surface area contributed by atoms with Crippen molar-refractivity contribution < 1.29 is 9.21 Å². The average molecular weight is 422 g/mol. The molecular formula is C17H16ClN5O4S. The Kier molecular flexibility index (Phi) is 5.43. The molecule has 146 valence electrons. The van der Waals surface area contributed by atoms with Crippen LogP contribution in [0.4, 0.5) is 5.82 Å². The first-order valence-electron chi connectivity index (χ1n) is 8.06. The minimum atomic E-state index is -0.750. The summed E-state index contributed by atoms with van der Waals surface area (Å²) in [5, 5.41) is 7.78. The summed E-state index contributed by atoms with van der Waals surface area (Å²) in [6.07, 6.45) is 0. The van der Waals surface area contributed by atoms with Gasteiger partial charge in [-0.25, -0.2) is 4.79 Å².